The zero-order valence-electron chi connectivity index (χ0n) is 10.9. The summed E-state index contributed by atoms with van der Waals surface area (Å²) < 4.78 is 4.89. The van der Waals surface area contributed by atoms with E-state index in [1.54, 1.807) is 0 Å². The van der Waals surface area contributed by atoms with Gasteiger partial charge in [0.1, 0.15) is 0 Å². The monoisotopic (exact) mass is 228 g/mol. The molecule has 0 aromatic rings. The van der Waals surface area contributed by atoms with E-state index in [0.717, 1.165) is 32.4 Å². The van der Waals surface area contributed by atoms with Crippen molar-refractivity contribution >= 4 is 6.09 Å². The molecule has 0 spiro atoms. The minimum absolute atomic E-state index is 0.177. The van der Waals surface area contributed by atoms with Crippen molar-refractivity contribution in [2.24, 2.45) is 0 Å². The number of amides is 1. The first-order chi connectivity index (χ1) is 7.60. The number of nitrogens with zero attached hydrogens (tertiary/aromatic N) is 2. The van der Waals surface area contributed by atoms with Gasteiger partial charge >= 0.3 is 6.09 Å². The number of methoxy groups -OCH3 is 1. The van der Waals surface area contributed by atoms with E-state index >= 15 is 0 Å². The Morgan fingerprint density at radius 3 is 2.50 bits per heavy atom. The van der Waals surface area contributed by atoms with Crippen molar-refractivity contribution in [2.75, 3.05) is 27.2 Å². The minimum Gasteiger partial charge on any atom is -0.453 e. The molecule has 0 aromatic carbocycles. The standard InChI is InChI=1S/C12H24N2O2/c1-5-10(2)14(12(15)16-4)11-6-8-13(3)9-7-11/h10-11H,5-9H2,1-4H3. The Morgan fingerprint density at radius 2 is 2.06 bits per heavy atom. The molecule has 16 heavy (non-hydrogen) atoms. The van der Waals surface area contributed by atoms with Crippen LogP contribution < -0.4 is 0 Å². The molecule has 1 heterocycles. The Kier molecular flexibility index (Phi) is 5.06. The summed E-state index contributed by atoms with van der Waals surface area (Å²) in [5.41, 5.74) is 0. The van der Waals surface area contributed by atoms with Crippen LogP contribution in [-0.2, 0) is 4.74 Å². The van der Waals surface area contributed by atoms with Crippen LogP contribution in [0.3, 0.4) is 0 Å². The van der Waals surface area contributed by atoms with Crippen molar-refractivity contribution in [3.8, 4) is 0 Å². The van der Waals surface area contributed by atoms with Crippen LogP contribution in [0, 0.1) is 0 Å². The summed E-state index contributed by atoms with van der Waals surface area (Å²) in [4.78, 5) is 16.0. The number of ether oxygens (including phenoxy) is 1. The smallest absolute Gasteiger partial charge is 0.409 e. The Bertz CT molecular complexity index is 225. The summed E-state index contributed by atoms with van der Waals surface area (Å²) in [5, 5.41) is 0. The van der Waals surface area contributed by atoms with Gasteiger partial charge in [0.15, 0.2) is 0 Å². The van der Waals surface area contributed by atoms with Crippen LogP contribution in [0.15, 0.2) is 0 Å². The van der Waals surface area contributed by atoms with Gasteiger partial charge in [0.25, 0.3) is 0 Å². The maximum absolute atomic E-state index is 11.8. The number of carbonyl (C=O) groups excluding carboxylic acids is 1. The van der Waals surface area contributed by atoms with Gasteiger partial charge in [-0.3, -0.25) is 0 Å². The van der Waals surface area contributed by atoms with Crippen molar-refractivity contribution in [1.82, 2.24) is 9.80 Å². The SMILES string of the molecule is CCC(C)N(C(=O)OC)C1CCN(C)CC1. The van der Waals surface area contributed by atoms with E-state index in [2.05, 4.69) is 25.8 Å². The molecule has 0 aromatic heterocycles. The topological polar surface area (TPSA) is 32.8 Å². The summed E-state index contributed by atoms with van der Waals surface area (Å²) in [6.45, 7) is 6.33. The van der Waals surface area contributed by atoms with Crippen LogP contribution in [-0.4, -0.2) is 55.2 Å². The zero-order chi connectivity index (χ0) is 12.1. The number of piperidine rings is 1. The van der Waals surface area contributed by atoms with Gasteiger partial charge in [0, 0.05) is 12.1 Å². The van der Waals surface area contributed by atoms with Crippen LogP contribution in [0.4, 0.5) is 4.79 Å². The molecular weight excluding hydrogens is 204 g/mol. The summed E-state index contributed by atoms with van der Waals surface area (Å²) >= 11 is 0. The maximum Gasteiger partial charge on any atom is 0.409 e. The molecular formula is C12H24N2O2. The molecule has 1 atom stereocenters. The van der Waals surface area contributed by atoms with Gasteiger partial charge in [0.05, 0.1) is 7.11 Å². The first kappa shape index (κ1) is 13.3. The average Bonchev–Trinajstić information content (AvgIpc) is 2.31. The highest BCUT2D eigenvalue weighted by molar-refractivity contribution is 5.68. The molecule has 1 aliphatic rings. The van der Waals surface area contributed by atoms with E-state index < -0.39 is 0 Å². The van der Waals surface area contributed by atoms with Crippen LogP contribution in [0.25, 0.3) is 0 Å². The van der Waals surface area contributed by atoms with E-state index in [1.165, 1.54) is 7.11 Å². The zero-order valence-corrected chi connectivity index (χ0v) is 10.9. The van der Waals surface area contributed by atoms with Gasteiger partial charge in [-0.2, -0.15) is 0 Å². The number of likely N-dealkylation sites (tertiary alicyclic amines) is 1. The molecule has 0 radical (unpaired) electrons. The Morgan fingerprint density at radius 1 is 1.50 bits per heavy atom. The van der Waals surface area contributed by atoms with E-state index in [4.69, 9.17) is 4.74 Å². The van der Waals surface area contributed by atoms with Crippen LogP contribution in [0.1, 0.15) is 33.1 Å². The molecule has 1 aliphatic heterocycles. The van der Waals surface area contributed by atoms with Gasteiger partial charge in [-0.05, 0) is 46.3 Å². The second-order valence-corrected chi connectivity index (χ2v) is 4.67. The van der Waals surface area contributed by atoms with Crippen LogP contribution in [0.2, 0.25) is 0 Å². The van der Waals surface area contributed by atoms with E-state index in [1.807, 2.05) is 4.90 Å². The predicted molar refractivity (Wildman–Crippen MR) is 64.5 cm³/mol. The van der Waals surface area contributed by atoms with Crippen LogP contribution in [0.5, 0.6) is 0 Å². The third-order valence-electron chi connectivity index (χ3n) is 3.53. The predicted octanol–water partition coefficient (Wildman–Crippen LogP) is 1.95. The molecule has 1 amide bonds. The molecule has 1 fully saturated rings. The van der Waals surface area contributed by atoms with Crippen molar-refractivity contribution in [2.45, 2.75) is 45.2 Å². The third-order valence-corrected chi connectivity index (χ3v) is 3.53. The maximum atomic E-state index is 11.8. The minimum atomic E-state index is -0.177. The van der Waals surface area contributed by atoms with E-state index in [-0.39, 0.29) is 12.1 Å². The fourth-order valence-corrected chi connectivity index (χ4v) is 2.26. The fraction of sp³-hybridized carbons (Fsp3) is 0.917. The number of hydrogen-bond acceptors (Lipinski definition) is 3. The molecule has 4 nitrogen and oxygen atoms in total. The van der Waals surface area contributed by atoms with Gasteiger partial charge in [-0.25, -0.2) is 4.79 Å². The molecule has 1 rings (SSSR count). The molecule has 4 heteroatoms. The summed E-state index contributed by atoms with van der Waals surface area (Å²) in [6, 6.07) is 0.611. The fourth-order valence-electron chi connectivity index (χ4n) is 2.26. The van der Waals surface area contributed by atoms with Gasteiger partial charge < -0.3 is 14.5 Å². The summed E-state index contributed by atoms with van der Waals surface area (Å²) in [7, 11) is 3.59. The summed E-state index contributed by atoms with van der Waals surface area (Å²) in [5.74, 6) is 0. The molecule has 94 valence electrons. The van der Waals surface area contributed by atoms with E-state index in [9.17, 15) is 4.79 Å². The highest BCUT2D eigenvalue weighted by atomic mass is 16.5. The molecule has 0 aliphatic carbocycles. The molecule has 0 saturated carbocycles. The van der Waals surface area contributed by atoms with E-state index in [0.29, 0.717) is 6.04 Å². The molecule has 0 bridgehead atoms. The molecule has 1 saturated heterocycles. The lowest BCUT2D eigenvalue weighted by molar-refractivity contribution is 0.0622. The highest BCUT2D eigenvalue weighted by Gasteiger charge is 2.30. The second kappa shape index (κ2) is 6.09. The Labute approximate surface area is 98.5 Å². The number of hydrogen-bond donors (Lipinski definition) is 0. The first-order valence-electron chi connectivity index (χ1n) is 6.15. The van der Waals surface area contributed by atoms with Crippen molar-refractivity contribution in [1.29, 1.82) is 0 Å². The van der Waals surface area contributed by atoms with Crippen molar-refractivity contribution < 1.29 is 9.53 Å². The van der Waals surface area contributed by atoms with Crippen LogP contribution >= 0.6 is 0 Å². The van der Waals surface area contributed by atoms with Gasteiger partial charge in [0.2, 0.25) is 0 Å². The van der Waals surface area contributed by atoms with Gasteiger partial charge in [-0.15, -0.1) is 0 Å². The largest absolute Gasteiger partial charge is 0.453 e. The Balaban J connectivity index is 2.65. The highest BCUT2D eigenvalue weighted by Crippen LogP contribution is 2.20. The van der Waals surface area contributed by atoms with Crippen molar-refractivity contribution in [3.05, 3.63) is 0 Å². The molecule has 0 N–H and O–H groups in total. The lowest BCUT2D eigenvalue weighted by atomic mass is 10.0. The first-order valence-corrected chi connectivity index (χ1v) is 6.15. The molecule has 1 unspecified atom stereocenters. The lowest BCUT2D eigenvalue weighted by Gasteiger charge is -2.39. The summed E-state index contributed by atoms with van der Waals surface area (Å²) in [6.07, 6.45) is 2.90. The number of carbonyl (C=O) groups is 1. The quantitative estimate of drug-likeness (QED) is 0.740. The second-order valence-electron chi connectivity index (χ2n) is 4.67. The average molecular weight is 228 g/mol. The third kappa shape index (κ3) is 3.11. The normalized spacial score (nSPS) is 20.5. The van der Waals surface area contributed by atoms with Gasteiger partial charge in [-0.1, -0.05) is 6.92 Å². The van der Waals surface area contributed by atoms with Crippen molar-refractivity contribution in [3.63, 3.8) is 0 Å². The Hall–Kier alpha value is -0.770. The lowest BCUT2D eigenvalue weighted by Crippen LogP contribution is -2.50. The number of rotatable bonds is 3.